The van der Waals surface area contributed by atoms with Crippen molar-refractivity contribution in [2.75, 3.05) is 6.61 Å². The molecule has 0 radical (unpaired) electrons. The summed E-state index contributed by atoms with van der Waals surface area (Å²) in [7, 11) is 0. The average Bonchev–Trinajstić information content (AvgIpc) is 2.78. The Kier molecular flexibility index (Phi) is 4.16. The van der Waals surface area contributed by atoms with Gasteiger partial charge in [0.15, 0.2) is 0 Å². The SMILES string of the molecule is CCOc1ccc(-c2csc(C(C)(C)C)n2)c(Cl)c1. The van der Waals surface area contributed by atoms with E-state index in [1.54, 1.807) is 11.3 Å². The summed E-state index contributed by atoms with van der Waals surface area (Å²) < 4.78 is 5.43. The van der Waals surface area contributed by atoms with Crippen LogP contribution in [0.4, 0.5) is 0 Å². The maximum atomic E-state index is 6.31. The molecule has 0 fully saturated rings. The van der Waals surface area contributed by atoms with E-state index in [-0.39, 0.29) is 5.41 Å². The van der Waals surface area contributed by atoms with E-state index in [0.29, 0.717) is 11.6 Å². The Morgan fingerprint density at radius 1 is 1.32 bits per heavy atom. The summed E-state index contributed by atoms with van der Waals surface area (Å²) in [6.07, 6.45) is 0. The first-order valence-electron chi connectivity index (χ1n) is 6.30. The molecule has 102 valence electrons. The normalized spacial score (nSPS) is 11.6. The first-order valence-corrected chi connectivity index (χ1v) is 7.56. The topological polar surface area (TPSA) is 22.1 Å². The van der Waals surface area contributed by atoms with Crippen molar-refractivity contribution in [3.8, 4) is 17.0 Å². The Bertz CT molecular complexity index is 572. The van der Waals surface area contributed by atoms with Gasteiger partial charge in [-0.1, -0.05) is 32.4 Å². The Balaban J connectivity index is 2.34. The van der Waals surface area contributed by atoms with Crippen molar-refractivity contribution in [2.24, 2.45) is 0 Å². The molecule has 0 atom stereocenters. The number of aromatic nitrogens is 1. The van der Waals surface area contributed by atoms with Crippen molar-refractivity contribution in [3.63, 3.8) is 0 Å². The van der Waals surface area contributed by atoms with E-state index < -0.39 is 0 Å². The number of halogens is 1. The second-order valence-corrected chi connectivity index (χ2v) is 6.63. The van der Waals surface area contributed by atoms with Crippen LogP contribution < -0.4 is 4.74 Å². The largest absolute Gasteiger partial charge is 0.494 e. The van der Waals surface area contributed by atoms with E-state index in [0.717, 1.165) is 22.0 Å². The standard InChI is InChI=1S/C15H18ClNOS/c1-5-18-10-6-7-11(12(16)8-10)13-9-19-14(17-13)15(2,3)4/h6-9H,5H2,1-4H3. The predicted molar refractivity (Wildman–Crippen MR) is 82.4 cm³/mol. The molecular formula is C15H18ClNOS. The predicted octanol–water partition coefficient (Wildman–Crippen LogP) is 5.16. The Hall–Kier alpha value is -1.06. The molecule has 1 aromatic carbocycles. The lowest BCUT2D eigenvalue weighted by atomic mass is 9.98. The van der Waals surface area contributed by atoms with Gasteiger partial charge in [-0.3, -0.25) is 0 Å². The van der Waals surface area contributed by atoms with Crippen molar-refractivity contribution >= 4 is 22.9 Å². The van der Waals surface area contributed by atoms with Gasteiger partial charge >= 0.3 is 0 Å². The molecule has 0 bridgehead atoms. The summed E-state index contributed by atoms with van der Waals surface area (Å²) in [5.74, 6) is 0.794. The van der Waals surface area contributed by atoms with Crippen LogP contribution in [-0.4, -0.2) is 11.6 Å². The monoisotopic (exact) mass is 295 g/mol. The molecule has 0 saturated carbocycles. The molecule has 1 heterocycles. The summed E-state index contributed by atoms with van der Waals surface area (Å²) >= 11 is 7.98. The summed E-state index contributed by atoms with van der Waals surface area (Å²) in [4.78, 5) is 4.68. The van der Waals surface area contributed by atoms with Gasteiger partial charge in [0.2, 0.25) is 0 Å². The number of nitrogens with zero attached hydrogens (tertiary/aromatic N) is 1. The molecule has 1 aromatic heterocycles. The number of thiazole rings is 1. The van der Waals surface area contributed by atoms with Gasteiger partial charge in [-0.25, -0.2) is 4.98 Å². The molecule has 2 aromatic rings. The first kappa shape index (κ1) is 14.4. The minimum absolute atomic E-state index is 0.0701. The zero-order valence-corrected chi connectivity index (χ0v) is 13.2. The molecule has 19 heavy (non-hydrogen) atoms. The Labute approximate surface area is 123 Å². The summed E-state index contributed by atoms with van der Waals surface area (Å²) in [5.41, 5.74) is 1.96. The van der Waals surface area contributed by atoms with Gasteiger partial charge in [-0.2, -0.15) is 0 Å². The van der Waals surface area contributed by atoms with Crippen molar-refractivity contribution < 1.29 is 4.74 Å². The molecule has 0 aliphatic heterocycles. The van der Waals surface area contributed by atoms with E-state index >= 15 is 0 Å². The highest BCUT2D eigenvalue weighted by molar-refractivity contribution is 7.10. The van der Waals surface area contributed by atoms with Crippen LogP contribution in [0.25, 0.3) is 11.3 Å². The van der Waals surface area contributed by atoms with Crippen molar-refractivity contribution in [1.29, 1.82) is 0 Å². The Morgan fingerprint density at radius 3 is 2.58 bits per heavy atom. The zero-order chi connectivity index (χ0) is 14.0. The van der Waals surface area contributed by atoms with E-state index in [1.807, 2.05) is 25.1 Å². The van der Waals surface area contributed by atoms with Gasteiger partial charge in [0.25, 0.3) is 0 Å². The third-order valence-corrected chi connectivity index (χ3v) is 4.25. The van der Waals surface area contributed by atoms with Crippen LogP contribution in [0.5, 0.6) is 5.75 Å². The fourth-order valence-electron chi connectivity index (χ4n) is 1.70. The second-order valence-electron chi connectivity index (χ2n) is 5.36. The maximum absolute atomic E-state index is 6.31. The third-order valence-electron chi connectivity index (χ3n) is 2.67. The summed E-state index contributed by atoms with van der Waals surface area (Å²) in [5, 5.41) is 3.85. The van der Waals surface area contributed by atoms with Gasteiger partial charge < -0.3 is 4.74 Å². The fourth-order valence-corrected chi connectivity index (χ4v) is 2.88. The lowest BCUT2D eigenvalue weighted by Crippen LogP contribution is -2.10. The number of hydrogen-bond acceptors (Lipinski definition) is 3. The van der Waals surface area contributed by atoms with Gasteiger partial charge in [0.05, 0.1) is 22.3 Å². The molecule has 0 spiro atoms. The molecule has 2 nitrogen and oxygen atoms in total. The van der Waals surface area contributed by atoms with Crippen LogP contribution in [0.2, 0.25) is 5.02 Å². The molecule has 0 amide bonds. The molecule has 4 heteroatoms. The van der Waals surface area contributed by atoms with Gasteiger partial charge in [-0.15, -0.1) is 11.3 Å². The molecule has 0 N–H and O–H groups in total. The number of rotatable bonds is 3. The fraction of sp³-hybridized carbons (Fsp3) is 0.400. The smallest absolute Gasteiger partial charge is 0.120 e. The highest BCUT2D eigenvalue weighted by Gasteiger charge is 2.19. The first-order chi connectivity index (χ1) is 8.91. The van der Waals surface area contributed by atoms with Crippen LogP contribution in [0.1, 0.15) is 32.7 Å². The average molecular weight is 296 g/mol. The number of ether oxygens (including phenoxy) is 1. The van der Waals surface area contributed by atoms with E-state index in [9.17, 15) is 0 Å². The molecule has 0 unspecified atom stereocenters. The summed E-state index contributed by atoms with van der Waals surface area (Å²) in [6.45, 7) is 9.08. The van der Waals surface area contributed by atoms with E-state index in [4.69, 9.17) is 16.3 Å². The lowest BCUT2D eigenvalue weighted by Gasteiger charge is -2.13. The second kappa shape index (κ2) is 5.51. The highest BCUT2D eigenvalue weighted by Crippen LogP contribution is 2.34. The van der Waals surface area contributed by atoms with Gasteiger partial charge in [-0.05, 0) is 25.1 Å². The Morgan fingerprint density at radius 2 is 2.05 bits per heavy atom. The van der Waals surface area contributed by atoms with Gasteiger partial charge in [0, 0.05) is 16.4 Å². The molecule has 0 aliphatic carbocycles. The van der Waals surface area contributed by atoms with Crippen molar-refractivity contribution in [1.82, 2.24) is 4.98 Å². The lowest BCUT2D eigenvalue weighted by molar-refractivity contribution is 0.340. The molecule has 2 rings (SSSR count). The summed E-state index contributed by atoms with van der Waals surface area (Å²) in [6, 6.07) is 5.74. The van der Waals surface area contributed by atoms with Gasteiger partial charge in [0.1, 0.15) is 5.75 Å². The third kappa shape index (κ3) is 3.28. The highest BCUT2D eigenvalue weighted by atomic mass is 35.5. The zero-order valence-electron chi connectivity index (χ0n) is 11.7. The van der Waals surface area contributed by atoms with Crippen LogP contribution in [0.3, 0.4) is 0 Å². The molecule has 0 aliphatic rings. The maximum Gasteiger partial charge on any atom is 0.120 e. The molecular weight excluding hydrogens is 278 g/mol. The minimum Gasteiger partial charge on any atom is -0.494 e. The number of benzene rings is 1. The van der Waals surface area contributed by atoms with E-state index in [1.165, 1.54) is 0 Å². The quantitative estimate of drug-likeness (QED) is 0.780. The van der Waals surface area contributed by atoms with Crippen LogP contribution in [0.15, 0.2) is 23.6 Å². The van der Waals surface area contributed by atoms with Crippen LogP contribution in [-0.2, 0) is 5.41 Å². The molecule has 0 saturated heterocycles. The van der Waals surface area contributed by atoms with Crippen LogP contribution in [0, 0.1) is 0 Å². The number of hydrogen-bond donors (Lipinski definition) is 0. The van der Waals surface area contributed by atoms with Crippen molar-refractivity contribution in [2.45, 2.75) is 33.1 Å². The minimum atomic E-state index is 0.0701. The van der Waals surface area contributed by atoms with Crippen LogP contribution >= 0.6 is 22.9 Å². The van der Waals surface area contributed by atoms with E-state index in [2.05, 4.69) is 31.1 Å². The van der Waals surface area contributed by atoms with Crippen molar-refractivity contribution in [3.05, 3.63) is 33.6 Å².